The van der Waals surface area contributed by atoms with Gasteiger partial charge in [-0.05, 0) is 90.0 Å². The Morgan fingerprint density at radius 2 is 1.73 bits per heavy atom. The lowest BCUT2D eigenvalue weighted by Crippen LogP contribution is -2.49. The Bertz CT molecular complexity index is 1600. The summed E-state index contributed by atoms with van der Waals surface area (Å²) in [5, 5.41) is 3.02. The Balaban J connectivity index is 1.33. The van der Waals surface area contributed by atoms with Gasteiger partial charge >= 0.3 is 12.1 Å². The van der Waals surface area contributed by atoms with Crippen LogP contribution < -0.4 is 9.75 Å². The quantitative estimate of drug-likeness (QED) is 0.164. The molecule has 45 heavy (non-hydrogen) atoms. The Labute approximate surface area is 263 Å². The highest BCUT2D eigenvalue weighted by Gasteiger charge is 2.50. The fraction of sp³-hybridized carbons (Fsp3) is 0.548. The second-order valence-corrected chi connectivity index (χ2v) is 13.3. The van der Waals surface area contributed by atoms with Crippen LogP contribution in [0.5, 0.6) is 6.01 Å². The van der Waals surface area contributed by atoms with Crippen LogP contribution in [0.15, 0.2) is 18.3 Å². The van der Waals surface area contributed by atoms with Crippen LogP contribution in [0.4, 0.5) is 28.2 Å². The zero-order valence-corrected chi connectivity index (χ0v) is 26.1. The summed E-state index contributed by atoms with van der Waals surface area (Å²) in [7, 11) is 0. The number of benzene rings is 1. The highest BCUT2D eigenvalue weighted by molar-refractivity contribution is 6.30. The number of amides is 1. The van der Waals surface area contributed by atoms with E-state index in [4.69, 9.17) is 21.1 Å². The number of pyridine rings is 1. The van der Waals surface area contributed by atoms with Gasteiger partial charge in [0.05, 0.1) is 10.9 Å². The highest BCUT2D eigenvalue weighted by Crippen LogP contribution is 2.49. The molecule has 242 valence electrons. The molecule has 0 N–H and O–H groups in total. The lowest BCUT2D eigenvalue weighted by atomic mass is 9.95. The number of anilines is 1. The van der Waals surface area contributed by atoms with Gasteiger partial charge in [0.15, 0.2) is 34.2 Å². The third-order valence-corrected chi connectivity index (χ3v) is 9.02. The van der Waals surface area contributed by atoms with E-state index in [0.29, 0.717) is 38.0 Å². The van der Waals surface area contributed by atoms with Gasteiger partial charge in [-0.25, -0.2) is 32.3 Å². The normalized spacial score (nSPS) is 22.5. The first-order valence-corrected chi connectivity index (χ1v) is 15.6. The molecule has 6 rings (SSSR count). The molecule has 3 aliphatic heterocycles. The van der Waals surface area contributed by atoms with Crippen LogP contribution >= 0.6 is 11.6 Å². The van der Waals surface area contributed by atoms with E-state index in [-0.39, 0.29) is 40.5 Å². The molecule has 1 aromatic carbocycles. The number of hydrazine groups is 1. The van der Waals surface area contributed by atoms with Crippen molar-refractivity contribution in [3.8, 4) is 6.01 Å². The molecule has 0 unspecified atom stereocenters. The van der Waals surface area contributed by atoms with E-state index in [0.717, 1.165) is 44.2 Å². The molecule has 3 fully saturated rings. The number of hydrogen-bond acceptors (Lipinski definition) is 8. The number of nitrogens with zero attached hydrogens (tertiary/aromatic N) is 6. The molecule has 3 saturated heterocycles. The smallest absolute Gasteiger partial charge is 0.429 e. The summed E-state index contributed by atoms with van der Waals surface area (Å²) in [6.45, 7) is 6.89. The molecule has 0 aliphatic carbocycles. The fourth-order valence-electron chi connectivity index (χ4n) is 6.74. The summed E-state index contributed by atoms with van der Waals surface area (Å²) in [4.78, 5) is 28.5. The Hall–Kier alpha value is -3.45. The van der Waals surface area contributed by atoms with Crippen LogP contribution in [0.1, 0.15) is 77.3 Å². The maximum atomic E-state index is 15.4. The molecule has 9 nitrogen and oxygen atoms in total. The number of aromatic nitrogens is 3. The largest absolute Gasteiger partial charge is 0.461 e. The van der Waals surface area contributed by atoms with Crippen molar-refractivity contribution >= 4 is 34.4 Å². The van der Waals surface area contributed by atoms with Gasteiger partial charge in [-0.1, -0.05) is 11.6 Å². The minimum absolute atomic E-state index is 0.106. The van der Waals surface area contributed by atoms with Gasteiger partial charge in [-0.15, -0.1) is 0 Å². The fourth-order valence-corrected chi connectivity index (χ4v) is 6.88. The van der Waals surface area contributed by atoms with Crippen molar-refractivity contribution in [1.82, 2.24) is 24.9 Å². The molecule has 0 spiro atoms. The van der Waals surface area contributed by atoms with Gasteiger partial charge < -0.3 is 9.47 Å². The summed E-state index contributed by atoms with van der Waals surface area (Å²) >= 11 is 6.05. The molecule has 0 radical (unpaired) electrons. The zero-order valence-electron chi connectivity index (χ0n) is 25.4. The van der Waals surface area contributed by atoms with E-state index in [1.165, 1.54) is 11.2 Å². The van der Waals surface area contributed by atoms with E-state index in [1.54, 1.807) is 25.8 Å². The maximum absolute atomic E-state index is 15.4. The minimum atomic E-state index is -1.49. The number of rotatable bonds is 5. The zero-order chi connectivity index (χ0) is 32.1. The molecule has 2 atom stereocenters. The average Bonchev–Trinajstić information content (AvgIpc) is 3.44. The average molecular weight is 651 g/mol. The number of ether oxygens (including phenoxy) is 2. The summed E-state index contributed by atoms with van der Waals surface area (Å²) < 4.78 is 69.2. The molecule has 14 heteroatoms. The number of fused-ring (bicyclic) bond motifs is 2. The predicted molar refractivity (Wildman–Crippen MR) is 159 cm³/mol. The van der Waals surface area contributed by atoms with E-state index in [9.17, 15) is 18.0 Å². The first kappa shape index (κ1) is 31.5. The molecule has 1 amide bonds. The highest BCUT2D eigenvalue weighted by atomic mass is 35.5. The molecular formula is C31H35ClF4N6O3. The first-order valence-electron chi connectivity index (χ1n) is 15.2. The summed E-state index contributed by atoms with van der Waals surface area (Å²) in [6.07, 6.45) is 5.97. The van der Waals surface area contributed by atoms with Crippen molar-refractivity contribution in [3.63, 3.8) is 0 Å². The Morgan fingerprint density at radius 1 is 1.00 bits per heavy atom. The second-order valence-electron chi connectivity index (χ2n) is 12.9. The summed E-state index contributed by atoms with van der Waals surface area (Å²) in [5.41, 5.74) is -0.975. The van der Waals surface area contributed by atoms with E-state index in [1.807, 2.05) is 0 Å². The van der Waals surface area contributed by atoms with Gasteiger partial charge in [0.1, 0.15) is 17.7 Å². The number of carbonyl (C=O) groups excluding carboxylic acids is 1. The van der Waals surface area contributed by atoms with E-state index in [2.05, 4.69) is 19.9 Å². The maximum Gasteiger partial charge on any atom is 0.429 e. The van der Waals surface area contributed by atoms with Gasteiger partial charge in [-0.3, -0.25) is 9.91 Å². The molecule has 0 bridgehead atoms. The van der Waals surface area contributed by atoms with Gasteiger partial charge in [0.2, 0.25) is 0 Å². The summed E-state index contributed by atoms with van der Waals surface area (Å²) in [5.74, 6) is -4.55. The van der Waals surface area contributed by atoms with Gasteiger partial charge in [0.25, 0.3) is 0 Å². The third-order valence-electron chi connectivity index (χ3n) is 8.75. The number of hydrogen-bond donors (Lipinski definition) is 0. The van der Waals surface area contributed by atoms with Crippen molar-refractivity contribution in [1.29, 1.82) is 0 Å². The summed E-state index contributed by atoms with van der Waals surface area (Å²) in [6, 6.07) is 1.66. The van der Waals surface area contributed by atoms with Crippen LogP contribution in [-0.2, 0) is 4.74 Å². The van der Waals surface area contributed by atoms with Crippen molar-refractivity contribution in [2.24, 2.45) is 0 Å². The molecule has 3 aliphatic rings. The number of carbonyl (C=O) groups is 1. The first-order chi connectivity index (χ1) is 21.4. The number of halogens is 5. The standard InChI is InChI=1S/C31H35ClF4N6O3/c1-30(2,3)45-29(43)42-13-6-4-5-12-41(42)27-19-16-37-26(32)24(36)25(19)38-28(39-27)44-17-31-9-7-11-40(31)22(8-10-31)18-14-20(33)23(35)21(34)15-18/h14-16,22H,4-13,17H2,1-3H3/t22-,31-/m1/s1. The molecular weight excluding hydrogens is 616 g/mol. The molecule has 5 heterocycles. The molecule has 2 aromatic heterocycles. The van der Waals surface area contributed by atoms with Crippen LogP contribution in [-0.4, -0.2) is 68.3 Å². The SMILES string of the molecule is CC(C)(C)OC(=O)N1CCCCCN1c1nc(OC[C@]23CCCN2[C@@H](c2cc(F)c(F)c(F)c2)CC3)nc2c(F)c(Cl)ncc12. The van der Waals surface area contributed by atoms with Crippen molar-refractivity contribution < 1.29 is 31.8 Å². The van der Waals surface area contributed by atoms with Crippen LogP contribution in [0.3, 0.4) is 0 Å². The van der Waals surface area contributed by atoms with Crippen molar-refractivity contribution in [2.45, 2.75) is 82.9 Å². The molecule has 0 saturated carbocycles. The topological polar surface area (TPSA) is 83.9 Å². The van der Waals surface area contributed by atoms with Crippen LogP contribution in [0, 0.1) is 23.3 Å². The van der Waals surface area contributed by atoms with Crippen molar-refractivity contribution in [3.05, 3.63) is 52.3 Å². The minimum Gasteiger partial charge on any atom is -0.461 e. The van der Waals surface area contributed by atoms with Gasteiger partial charge in [-0.2, -0.15) is 9.97 Å². The Morgan fingerprint density at radius 3 is 2.47 bits per heavy atom. The molecule has 3 aromatic rings. The van der Waals surface area contributed by atoms with E-state index >= 15 is 4.39 Å². The van der Waals surface area contributed by atoms with Gasteiger partial charge in [0, 0.05) is 25.3 Å². The van der Waals surface area contributed by atoms with Crippen LogP contribution in [0.25, 0.3) is 10.9 Å². The van der Waals surface area contributed by atoms with Crippen LogP contribution in [0.2, 0.25) is 5.15 Å². The monoisotopic (exact) mass is 650 g/mol. The van der Waals surface area contributed by atoms with E-state index < -0.39 is 40.5 Å². The third kappa shape index (κ3) is 6.08. The lowest BCUT2D eigenvalue weighted by Gasteiger charge is -2.36. The Kier molecular flexibility index (Phi) is 8.44. The predicted octanol–water partition coefficient (Wildman–Crippen LogP) is 7.13. The van der Waals surface area contributed by atoms with Crippen molar-refractivity contribution in [2.75, 3.05) is 31.3 Å². The lowest BCUT2D eigenvalue weighted by molar-refractivity contribution is 0.0232. The second kappa shape index (κ2) is 12.1.